The molecule has 2 aromatic heterocycles. The average Bonchev–Trinajstić information content (AvgIpc) is 3.33. The van der Waals surface area contributed by atoms with Crippen LogP contribution in [-0.2, 0) is 4.79 Å². The zero-order valence-corrected chi connectivity index (χ0v) is 17.4. The van der Waals surface area contributed by atoms with Crippen molar-refractivity contribution in [2.45, 2.75) is 24.7 Å². The third kappa shape index (κ3) is 2.86. The van der Waals surface area contributed by atoms with Gasteiger partial charge in [-0.15, -0.1) is 0 Å². The second kappa shape index (κ2) is 7.25. The van der Waals surface area contributed by atoms with Crippen LogP contribution in [0, 0.1) is 29.0 Å². The molecule has 5 rings (SSSR count). The molecule has 2 saturated carbocycles. The van der Waals surface area contributed by atoms with Crippen LogP contribution in [0.1, 0.15) is 23.9 Å². The van der Waals surface area contributed by atoms with E-state index in [1.807, 2.05) is 0 Å². The van der Waals surface area contributed by atoms with E-state index >= 15 is 0 Å². The molecule has 2 aliphatic carbocycles. The zero-order chi connectivity index (χ0) is 22.6. The minimum absolute atomic E-state index is 0.189. The second-order valence-electron chi connectivity index (χ2n) is 8.09. The van der Waals surface area contributed by atoms with Crippen LogP contribution in [0.2, 0.25) is 0 Å². The Morgan fingerprint density at radius 3 is 2.81 bits per heavy atom. The molecule has 5 atom stereocenters. The number of hydrogen-bond acceptors (Lipinski definition) is 7. The molecule has 1 amide bonds. The summed E-state index contributed by atoms with van der Waals surface area (Å²) in [7, 11) is 3.21. The summed E-state index contributed by atoms with van der Waals surface area (Å²) < 4.78 is 15.1. The summed E-state index contributed by atoms with van der Waals surface area (Å²) in [6, 6.07) is 5.33. The first-order valence-corrected chi connectivity index (χ1v) is 10.2. The van der Waals surface area contributed by atoms with Gasteiger partial charge >= 0.3 is 0 Å². The molecule has 0 radical (unpaired) electrons. The third-order valence-corrected chi connectivity index (χ3v) is 6.45. The lowest BCUT2D eigenvalue weighted by Crippen LogP contribution is -2.41. The topological polar surface area (TPSA) is 125 Å². The number of halogens is 1. The molecule has 2 aliphatic rings. The Balaban J connectivity index is 1.58. The van der Waals surface area contributed by atoms with Crippen LogP contribution in [-0.4, -0.2) is 61.9 Å². The number of aromatic nitrogens is 4. The minimum atomic E-state index is -1.19. The summed E-state index contributed by atoms with van der Waals surface area (Å²) in [5.74, 6) is 5.40. The van der Waals surface area contributed by atoms with E-state index in [1.54, 1.807) is 23.7 Å². The van der Waals surface area contributed by atoms with E-state index in [4.69, 9.17) is 0 Å². The summed E-state index contributed by atoms with van der Waals surface area (Å²) in [5.41, 5.74) is 0.372. The molecule has 0 aliphatic heterocycles. The monoisotopic (exact) mass is 436 g/mol. The van der Waals surface area contributed by atoms with Crippen LogP contribution in [0.3, 0.4) is 0 Å². The van der Waals surface area contributed by atoms with Crippen molar-refractivity contribution < 1.29 is 19.4 Å². The van der Waals surface area contributed by atoms with Crippen molar-refractivity contribution in [3.8, 4) is 11.8 Å². The first-order chi connectivity index (χ1) is 15.4. The van der Waals surface area contributed by atoms with Gasteiger partial charge in [-0.3, -0.25) is 4.79 Å². The Morgan fingerprint density at radius 2 is 2.09 bits per heavy atom. The number of hydrogen-bond donors (Lipinski definition) is 4. The number of carbonyl (C=O) groups is 1. The number of nitrogens with one attached hydrogen (secondary N) is 2. The zero-order valence-electron chi connectivity index (χ0n) is 17.4. The number of nitrogens with zero attached hydrogens (tertiary/aromatic N) is 4. The Hall–Kier alpha value is -3.55. The van der Waals surface area contributed by atoms with Crippen molar-refractivity contribution in [2.75, 3.05) is 19.4 Å². The van der Waals surface area contributed by atoms with Crippen LogP contribution >= 0.6 is 0 Å². The molecule has 32 heavy (non-hydrogen) atoms. The molecule has 4 N–H and O–H groups in total. The van der Waals surface area contributed by atoms with Crippen LogP contribution in [0.4, 0.5) is 10.2 Å². The van der Waals surface area contributed by atoms with E-state index < -0.39 is 23.7 Å². The number of imidazole rings is 1. The third-order valence-electron chi connectivity index (χ3n) is 6.45. The maximum absolute atomic E-state index is 13.4. The fourth-order valence-electron chi connectivity index (χ4n) is 4.85. The lowest BCUT2D eigenvalue weighted by molar-refractivity contribution is -0.132. The molecule has 2 fully saturated rings. The van der Waals surface area contributed by atoms with Crippen LogP contribution in [0.5, 0.6) is 0 Å². The van der Waals surface area contributed by atoms with E-state index in [1.165, 1.54) is 25.5 Å². The molecular weight excluding hydrogens is 415 g/mol. The van der Waals surface area contributed by atoms with Crippen LogP contribution in [0.25, 0.3) is 11.2 Å². The Bertz CT molecular complexity index is 1300. The molecule has 3 aromatic rings. The fourth-order valence-corrected chi connectivity index (χ4v) is 4.85. The highest BCUT2D eigenvalue weighted by Gasteiger charge is 2.75. The largest absolute Gasteiger partial charge is 0.389 e. The summed E-state index contributed by atoms with van der Waals surface area (Å²) >= 11 is 0. The Kier molecular flexibility index (Phi) is 4.62. The van der Waals surface area contributed by atoms with Gasteiger partial charge in [-0.1, -0.05) is 12.0 Å². The van der Waals surface area contributed by atoms with E-state index in [2.05, 4.69) is 37.4 Å². The quantitative estimate of drug-likeness (QED) is 0.439. The van der Waals surface area contributed by atoms with Crippen molar-refractivity contribution in [1.82, 2.24) is 24.8 Å². The SMILES string of the molecule is CNC(=O)[C@]12CC1[C@@H](n1cnc3c(NC)nc(C#Cc4cccc(F)c4)nc31)C(O)[C@@H]2O. The van der Waals surface area contributed by atoms with Gasteiger partial charge in [-0.05, 0) is 30.5 Å². The van der Waals surface area contributed by atoms with Gasteiger partial charge in [0.2, 0.25) is 11.7 Å². The number of fused-ring (bicyclic) bond motifs is 2. The molecule has 9 nitrogen and oxygen atoms in total. The van der Waals surface area contributed by atoms with Gasteiger partial charge in [0.1, 0.15) is 11.9 Å². The number of benzene rings is 1. The predicted molar refractivity (Wildman–Crippen MR) is 113 cm³/mol. The number of anilines is 1. The molecule has 2 unspecified atom stereocenters. The molecule has 10 heteroatoms. The molecule has 0 spiro atoms. The van der Waals surface area contributed by atoms with Gasteiger partial charge in [-0.2, -0.15) is 0 Å². The summed E-state index contributed by atoms with van der Waals surface area (Å²) in [4.78, 5) is 25.7. The Labute approximate surface area is 182 Å². The van der Waals surface area contributed by atoms with Crippen molar-refractivity contribution >= 4 is 22.9 Å². The van der Waals surface area contributed by atoms with E-state index in [0.29, 0.717) is 29.0 Å². The smallest absolute Gasteiger partial charge is 0.229 e. The Morgan fingerprint density at radius 1 is 1.28 bits per heavy atom. The van der Waals surface area contributed by atoms with E-state index in [9.17, 15) is 19.4 Å². The molecule has 1 aromatic carbocycles. The number of amides is 1. The molecule has 0 saturated heterocycles. The molecule has 2 heterocycles. The highest BCUT2D eigenvalue weighted by atomic mass is 19.1. The van der Waals surface area contributed by atoms with Crippen LogP contribution in [0.15, 0.2) is 30.6 Å². The minimum Gasteiger partial charge on any atom is -0.389 e. The van der Waals surface area contributed by atoms with Gasteiger partial charge in [-0.25, -0.2) is 19.3 Å². The first-order valence-electron chi connectivity index (χ1n) is 10.2. The second-order valence-corrected chi connectivity index (χ2v) is 8.09. The van der Waals surface area contributed by atoms with E-state index in [0.717, 1.165) is 0 Å². The summed E-state index contributed by atoms with van der Waals surface area (Å²) in [6.07, 6.45) is -0.347. The van der Waals surface area contributed by atoms with Gasteiger partial charge < -0.3 is 25.4 Å². The van der Waals surface area contributed by atoms with Gasteiger partial charge in [0.05, 0.1) is 23.9 Å². The summed E-state index contributed by atoms with van der Waals surface area (Å²) in [6.45, 7) is 0. The molecular formula is C22H21FN6O3. The standard InChI is InChI=1S/C22H21FN6O3/c1-24-19-15-20(28-14(27-19)7-6-11-4-3-5-12(23)8-11)29(10-26-15)16-13-9-22(13,21(32)25-2)18(31)17(16)30/h3-5,8,10,13,16-18,30-31H,9H2,1-2H3,(H,25,32)(H,24,27,28)/t13?,16-,17?,18+,22-/m1/s1. The molecule has 164 valence electrons. The van der Waals surface area contributed by atoms with Crippen molar-refractivity contribution in [3.63, 3.8) is 0 Å². The fraction of sp³-hybridized carbons (Fsp3) is 0.364. The average molecular weight is 436 g/mol. The van der Waals surface area contributed by atoms with Crippen molar-refractivity contribution in [3.05, 3.63) is 47.8 Å². The lowest BCUT2D eigenvalue weighted by atomic mass is 9.98. The maximum atomic E-state index is 13.4. The number of carbonyl (C=O) groups excluding carboxylic acids is 1. The maximum Gasteiger partial charge on any atom is 0.229 e. The highest BCUT2D eigenvalue weighted by Crippen LogP contribution is 2.67. The lowest BCUT2D eigenvalue weighted by Gasteiger charge is -2.23. The highest BCUT2D eigenvalue weighted by molar-refractivity contribution is 5.88. The van der Waals surface area contributed by atoms with Gasteiger partial charge in [0.25, 0.3) is 0 Å². The number of rotatable bonds is 3. The van der Waals surface area contributed by atoms with E-state index in [-0.39, 0.29) is 23.5 Å². The predicted octanol–water partition coefficient (Wildman–Crippen LogP) is 0.436. The van der Waals surface area contributed by atoms with Gasteiger partial charge in [0, 0.05) is 25.6 Å². The number of aliphatic hydroxyl groups is 2. The summed E-state index contributed by atoms with van der Waals surface area (Å²) in [5, 5.41) is 27.0. The van der Waals surface area contributed by atoms with Crippen molar-refractivity contribution in [2.24, 2.45) is 11.3 Å². The first kappa shape index (κ1) is 20.4. The number of aliphatic hydroxyl groups excluding tert-OH is 2. The van der Waals surface area contributed by atoms with Crippen LogP contribution < -0.4 is 10.6 Å². The van der Waals surface area contributed by atoms with Gasteiger partial charge in [0.15, 0.2) is 17.0 Å². The van der Waals surface area contributed by atoms with Crippen molar-refractivity contribution in [1.29, 1.82) is 0 Å². The normalized spacial score (nSPS) is 28.0. The molecule has 0 bridgehead atoms.